The van der Waals surface area contributed by atoms with Crippen LogP contribution in [0.2, 0.25) is 4.34 Å². The highest BCUT2D eigenvalue weighted by molar-refractivity contribution is 7.16. The Bertz CT molecular complexity index is 669. The molecule has 0 bridgehead atoms. The Morgan fingerprint density at radius 1 is 1.20 bits per heavy atom. The predicted octanol–water partition coefficient (Wildman–Crippen LogP) is 5.71. The summed E-state index contributed by atoms with van der Waals surface area (Å²) in [4.78, 5) is 2.60. The Morgan fingerprint density at radius 3 is 2.70 bits per heavy atom. The maximum atomic E-state index is 6.09. The van der Waals surface area contributed by atoms with Crippen molar-refractivity contribution in [3.05, 3.63) is 65.6 Å². The average molecular weight is 340 g/mol. The molecule has 0 aliphatic heterocycles. The van der Waals surface area contributed by atoms with Crippen LogP contribution in [0, 0.1) is 6.92 Å². The van der Waals surface area contributed by atoms with Gasteiger partial charge in [0.15, 0.2) is 0 Å². The van der Waals surface area contributed by atoms with Crippen LogP contribution in [0.5, 0.6) is 0 Å². The summed E-state index contributed by atoms with van der Waals surface area (Å²) in [6.45, 7) is 3.04. The van der Waals surface area contributed by atoms with Gasteiger partial charge in [0.25, 0.3) is 0 Å². The smallest absolute Gasteiger partial charge is 0.0931 e. The van der Waals surface area contributed by atoms with E-state index in [-0.39, 0.29) is 6.04 Å². The zero-order valence-electron chi connectivity index (χ0n) is 10.9. The highest BCUT2D eigenvalue weighted by atomic mass is 35.5. The number of thiophene rings is 3. The minimum Gasteiger partial charge on any atom is -0.301 e. The van der Waals surface area contributed by atoms with Crippen LogP contribution in [0.15, 0.2) is 40.4 Å². The van der Waals surface area contributed by atoms with E-state index >= 15 is 0 Å². The number of aryl methyl sites for hydroxylation is 1. The second-order valence-electron chi connectivity index (χ2n) is 4.55. The Morgan fingerprint density at radius 2 is 2.10 bits per heavy atom. The van der Waals surface area contributed by atoms with Gasteiger partial charge in [-0.2, -0.15) is 11.3 Å². The Labute approximate surface area is 135 Å². The van der Waals surface area contributed by atoms with Crippen LogP contribution in [0.3, 0.4) is 0 Å². The summed E-state index contributed by atoms with van der Waals surface area (Å²) in [5.41, 5.74) is 2.73. The van der Waals surface area contributed by atoms with Gasteiger partial charge in [0.1, 0.15) is 0 Å². The van der Waals surface area contributed by atoms with Gasteiger partial charge in [-0.1, -0.05) is 17.7 Å². The van der Waals surface area contributed by atoms with Gasteiger partial charge in [0.2, 0.25) is 0 Å². The maximum absolute atomic E-state index is 6.09. The first-order valence-electron chi connectivity index (χ1n) is 6.27. The van der Waals surface area contributed by atoms with Gasteiger partial charge >= 0.3 is 0 Å². The van der Waals surface area contributed by atoms with Crippen LogP contribution in [0.1, 0.15) is 26.9 Å². The molecule has 1 unspecified atom stereocenters. The zero-order valence-corrected chi connectivity index (χ0v) is 14.1. The van der Waals surface area contributed by atoms with Gasteiger partial charge < -0.3 is 5.32 Å². The van der Waals surface area contributed by atoms with Crippen molar-refractivity contribution in [3.8, 4) is 0 Å². The molecule has 1 N–H and O–H groups in total. The molecule has 1 atom stereocenters. The standard InChI is InChI=1S/C15H14ClNS3/c1-10-8-18-9-11(10)7-17-15(12-3-2-6-19-12)13-4-5-14(16)20-13/h2-6,8-9,15,17H,7H2,1H3. The Hall–Kier alpha value is -0.650. The lowest BCUT2D eigenvalue weighted by Gasteiger charge is -2.16. The van der Waals surface area contributed by atoms with E-state index in [4.69, 9.17) is 11.6 Å². The number of nitrogens with one attached hydrogen (secondary N) is 1. The summed E-state index contributed by atoms with van der Waals surface area (Å²) in [6.07, 6.45) is 0. The Balaban J connectivity index is 1.81. The first-order chi connectivity index (χ1) is 9.74. The molecule has 5 heteroatoms. The maximum Gasteiger partial charge on any atom is 0.0931 e. The van der Waals surface area contributed by atoms with Crippen molar-refractivity contribution in [1.82, 2.24) is 5.32 Å². The normalized spacial score (nSPS) is 12.7. The first-order valence-corrected chi connectivity index (χ1v) is 9.29. The molecular formula is C15H14ClNS3. The Kier molecular flexibility index (Phi) is 4.58. The van der Waals surface area contributed by atoms with Crippen molar-refractivity contribution in [1.29, 1.82) is 0 Å². The number of halogens is 1. The summed E-state index contributed by atoms with van der Waals surface area (Å²) in [5, 5.41) is 10.2. The molecule has 1 nitrogen and oxygen atoms in total. The zero-order chi connectivity index (χ0) is 13.9. The second kappa shape index (κ2) is 6.41. The fourth-order valence-corrected chi connectivity index (χ4v) is 4.97. The monoisotopic (exact) mass is 339 g/mol. The first kappa shape index (κ1) is 14.3. The fourth-order valence-electron chi connectivity index (χ4n) is 2.06. The van der Waals surface area contributed by atoms with E-state index < -0.39 is 0 Å². The van der Waals surface area contributed by atoms with E-state index in [9.17, 15) is 0 Å². The summed E-state index contributed by atoms with van der Waals surface area (Å²) in [6, 6.07) is 8.59. The van der Waals surface area contributed by atoms with Crippen LogP contribution in [0.4, 0.5) is 0 Å². The van der Waals surface area contributed by atoms with Crippen LogP contribution in [-0.4, -0.2) is 0 Å². The van der Waals surface area contributed by atoms with Crippen molar-refractivity contribution in [3.63, 3.8) is 0 Å². The molecule has 104 valence electrons. The molecule has 0 saturated carbocycles. The van der Waals surface area contributed by atoms with Crippen molar-refractivity contribution in [2.75, 3.05) is 0 Å². The van der Waals surface area contributed by atoms with E-state index in [2.05, 4.69) is 46.6 Å². The van der Waals surface area contributed by atoms with Gasteiger partial charge in [-0.05, 0) is 52.4 Å². The minimum atomic E-state index is 0.229. The fraction of sp³-hybridized carbons (Fsp3) is 0.200. The third-order valence-corrected chi connectivity index (χ3v) is 6.31. The van der Waals surface area contributed by atoms with Gasteiger partial charge in [-0.3, -0.25) is 0 Å². The summed E-state index contributed by atoms with van der Waals surface area (Å²) in [5.74, 6) is 0. The van der Waals surface area contributed by atoms with Crippen molar-refractivity contribution in [2.45, 2.75) is 19.5 Å². The largest absolute Gasteiger partial charge is 0.301 e. The summed E-state index contributed by atoms with van der Waals surface area (Å²) in [7, 11) is 0. The molecule has 0 fully saturated rings. The van der Waals surface area contributed by atoms with Crippen LogP contribution in [-0.2, 0) is 6.54 Å². The molecule has 0 aliphatic carbocycles. The van der Waals surface area contributed by atoms with E-state index in [1.807, 2.05) is 6.07 Å². The van der Waals surface area contributed by atoms with Crippen molar-refractivity contribution < 1.29 is 0 Å². The topological polar surface area (TPSA) is 12.0 Å². The van der Waals surface area contributed by atoms with Gasteiger partial charge in [0.05, 0.1) is 10.4 Å². The quantitative estimate of drug-likeness (QED) is 0.627. The molecule has 0 aliphatic rings. The predicted molar refractivity (Wildman–Crippen MR) is 91.4 cm³/mol. The van der Waals surface area contributed by atoms with Gasteiger partial charge in [-0.15, -0.1) is 22.7 Å². The number of hydrogen-bond acceptors (Lipinski definition) is 4. The second-order valence-corrected chi connectivity index (χ2v) is 8.02. The third-order valence-electron chi connectivity index (χ3n) is 3.16. The third kappa shape index (κ3) is 3.15. The minimum absolute atomic E-state index is 0.229. The SMILES string of the molecule is Cc1cscc1CNC(c1cccs1)c1ccc(Cl)s1. The molecule has 0 spiro atoms. The van der Waals surface area contributed by atoms with E-state index in [1.54, 1.807) is 34.0 Å². The number of rotatable bonds is 5. The molecule has 3 aromatic heterocycles. The molecule has 3 rings (SSSR count). The molecule has 3 heterocycles. The lowest BCUT2D eigenvalue weighted by molar-refractivity contribution is 0.621. The van der Waals surface area contributed by atoms with Crippen molar-refractivity contribution in [2.24, 2.45) is 0 Å². The average Bonchev–Trinajstić information content (AvgIpc) is 3.14. The molecular weight excluding hydrogens is 326 g/mol. The molecule has 0 aromatic carbocycles. The summed E-state index contributed by atoms with van der Waals surface area (Å²) < 4.78 is 0.843. The van der Waals surface area contributed by atoms with Gasteiger partial charge in [0, 0.05) is 16.3 Å². The molecule has 0 radical (unpaired) electrons. The number of hydrogen-bond donors (Lipinski definition) is 1. The lowest BCUT2D eigenvalue weighted by Crippen LogP contribution is -2.20. The van der Waals surface area contributed by atoms with Crippen LogP contribution in [0.25, 0.3) is 0 Å². The molecule has 20 heavy (non-hydrogen) atoms. The highest BCUT2D eigenvalue weighted by Gasteiger charge is 2.17. The lowest BCUT2D eigenvalue weighted by atomic mass is 10.1. The summed E-state index contributed by atoms with van der Waals surface area (Å²) >= 11 is 11.3. The molecule has 0 saturated heterocycles. The van der Waals surface area contributed by atoms with Crippen LogP contribution >= 0.6 is 45.6 Å². The molecule has 3 aromatic rings. The van der Waals surface area contributed by atoms with E-state index in [1.165, 1.54) is 20.9 Å². The highest BCUT2D eigenvalue weighted by Crippen LogP contribution is 2.33. The van der Waals surface area contributed by atoms with Crippen LogP contribution < -0.4 is 5.32 Å². The van der Waals surface area contributed by atoms with E-state index in [0.717, 1.165) is 10.9 Å². The van der Waals surface area contributed by atoms with E-state index in [0.29, 0.717) is 0 Å². The molecule has 0 amide bonds. The van der Waals surface area contributed by atoms with Gasteiger partial charge in [-0.25, -0.2) is 0 Å². The van der Waals surface area contributed by atoms with Crippen molar-refractivity contribution >= 4 is 45.6 Å².